The summed E-state index contributed by atoms with van der Waals surface area (Å²) in [7, 11) is 1.65. The van der Waals surface area contributed by atoms with Crippen molar-refractivity contribution in [3.05, 3.63) is 29.6 Å². The van der Waals surface area contributed by atoms with Gasteiger partial charge in [-0.15, -0.1) is 0 Å². The molecule has 1 aromatic carbocycles. The van der Waals surface area contributed by atoms with E-state index >= 15 is 0 Å². The van der Waals surface area contributed by atoms with E-state index in [1.807, 2.05) is 0 Å². The minimum atomic E-state index is -0.197. The second-order valence-corrected chi connectivity index (χ2v) is 7.20. The molecule has 0 amide bonds. The lowest BCUT2D eigenvalue weighted by atomic mass is 10.1. The molecule has 2 aliphatic heterocycles. The van der Waals surface area contributed by atoms with Crippen LogP contribution in [0.5, 0.6) is 5.75 Å². The van der Waals surface area contributed by atoms with Crippen LogP contribution in [0.1, 0.15) is 32.3 Å². The van der Waals surface area contributed by atoms with E-state index in [4.69, 9.17) is 9.47 Å². The summed E-state index contributed by atoms with van der Waals surface area (Å²) in [6.07, 6.45) is 3.01. The molecular weight excluding hydrogens is 307 g/mol. The molecule has 0 aromatic heterocycles. The van der Waals surface area contributed by atoms with Gasteiger partial charge in [-0.05, 0) is 51.4 Å². The number of likely N-dealkylation sites (tertiary alicyclic amines) is 1. The van der Waals surface area contributed by atoms with Gasteiger partial charge in [0.1, 0.15) is 11.6 Å². The van der Waals surface area contributed by atoms with Gasteiger partial charge in [-0.25, -0.2) is 4.39 Å². The van der Waals surface area contributed by atoms with E-state index in [2.05, 4.69) is 23.6 Å². The summed E-state index contributed by atoms with van der Waals surface area (Å²) in [6, 6.07) is 5.31. The average Bonchev–Trinajstić information content (AvgIpc) is 2.93. The fourth-order valence-electron chi connectivity index (χ4n) is 4.13. The third kappa shape index (κ3) is 4.26. The second-order valence-electron chi connectivity index (χ2n) is 7.20. The summed E-state index contributed by atoms with van der Waals surface area (Å²) in [4.78, 5) is 4.99. The highest BCUT2D eigenvalue weighted by atomic mass is 19.1. The van der Waals surface area contributed by atoms with Crippen LogP contribution in [0.4, 0.5) is 4.39 Å². The Morgan fingerprint density at radius 2 is 2.00 bits per heavy atom. The summed E-state index contributed by atoms with van der Waals surface area (Å²) in [5, 5.41) is 0. The van der Waals surface area contributed by atoms with Gasteiger partial charge in [-0.2, -0.15) is 0 Å². The topological polar surface area (TPSA) is 24.9 Å². The van der Waals surface area contributed by atoms with E-state index in [-0.39, 0.29) is 5.82 Å². The largest absolute Gasteiger partial charge is 0.496 e. The molecule has 5 heteroatoms. The van der Waals surface area contributed by atoms with Gasteiger partial charge in [0, 0.05) is 37.8 Å². The maximum Gasteiger partial charge on any atom is 0.123 e. The van der Waals surface area contributed by atoms with Crippen molar-refractivity contribution in [3.63, 3.8) is 0 Å². The maximum atomic E-state index is 13.6. The van der Waals surface area contributed by atoms with Crippen molar-refractivity contribution < 1.29 is 13.9 Å². The lowest BCUT2D eigenvalue weighted by Crippen LogP contribution is -2.50. The first-order chi connectivity index (χ1) is 11.5. The van der Waals surface area contributed by atoms with Crippen LogP contribution in [0.3, 0.4) is 0 Å². The van der Waals surface area contributed by atoms with E-state index in [0.717, 1.165) is 44.0 Å². The average molecular weight is 336 g/mol. The molecule has 0 bridgehead atoms. The quantitative estimate of drug-likeness (QED) is 0.825. The van der Waals surface area contributed by atoms with Crippen LogP contribution in [-0.4, -0.2) is 61.3 Å². The molecule has 2 fully saturated rings. The molecule has 0 radical (unpaired) electrons. The minimum Gasteiger partial charge on any atom is -0.496 e. The molecule has 134 valence electrons. The van der Waals surface area contributed by atoms with Crippen LogP contribution in [0.2, 0.25) is 0 Å². The summed E-state index contributed by atoms with van der Waals surface area (Å²) < 4.78 is 24.9. The Bertz CT molecular complexity index is 544. The number of halogens is 1. The standard InChI is InChI=1S/C19H29FN2O2/c1-14-10-21(11-15(2)24-14)13-18-5-4-8-22(18)12-16-9-17(20)6-7-19(16)23-3/h6-7,9,14-15,18H,4-5,8,10-13H2,1-3H3. The molecule has 3 rings (SSSR count). The molecule has 24 heavy (non-hydrogen) atoms. The van der Waals surface area contributed by atoms with Crippen molar-refractivity contribution in [2.24, 2.45) is 0 Å². The SMILES string of the molecule is COc1ccc(F)cc1CN1CCCC1CN1CC(C)OC(C)C1. The van der Waals surface area contributed by atoms with Gasteiger partial charge in [0.2, 0.25) is 0 Å². The maximum absolute atomic E-state index is 13.6. The number of hydrogen-bond donors (Lipinski definition) is 0. The normalized spacial score (nSPS) is 29.1. The summed E-state index contributed by atoms with van der Waals surface area (Å²) in [5.41, 5.74) is 0.938. The summed E-state index contributed by atoms with van der Waals surface area (Å²) in [6.45, 7) is 9.17. The predicted octanol–water partition coefficient (Wildman–Crippen LogP) is 2.91. The van der Waals surface area contributed by atoms with Crippen molar-refractivity contribution in [1.82, 2.24) is 9.80 Å². The van der Waals surface area contributed by atoms with Gasteiger partial charge in [0.15, 0.2) is 0 Å². The smallest absolute Gasteiger partial charge is 0.123 e. The zero-order valence-corrected chi connectivity index (χ0v) is 15.0. The molecule has 0 saturated carbocycles. The first-order valence-electron chi connectivity index (χ1n) is 8.99. The van der Waals surface area contributed by atoms with Crippen molar-refractivity contribution >= 4 is 0 Å². The fourth-order valence-corrected chi connectivity index (χ4v) is 4.13. The Hall–Kier alpha value is -1.17. The van der Waals surface area contributed by atoms with Crippen LogP contribution < -0.4 is 4.74 Å². The van der Waals surface area contributed by atoms with Crippen molar-refractivity contribution in [1.29, 1.82) is 0 Å². The van der Waals surface area contributed by atoms with E-state index in [0.29, 0.717) is 18.2 Å². The van der Waals surface area contributed by atoms with E-state index < -0.39 is 0 Å². The lowest BCUT2D eigenvalue weighted by molar-refractivity contribution is -0.0724. The van der Waals surface area contributed by atoms with E-state index in [1.165, 1.54) is 18.9 Å². The van der Waals surface area contributed by atoms with Crippen molar-refractivity contribution in [2.75, 3.05) is 33.3 Å². The number of morpholine rings is 1. The highest BCUT2D eigenvalue weighted by Gasteiger charge is 2.30. The molecule has 3 unspecified atom stereocenters. The molecular formula is C19H29FN2O2. The molecule has 2 aliphatic rings. The molecule has 2 saturated heterocycles. The summed E-state index contributed by atoms with van der Waals surface area (Å²) in [5.74, 6) is 0.577. The Kier molecular flexibility index (Phi) is 5.74. The highest BCUT2D eigenvalue weighted by molar-refractivity contribution is 5.34. The Morgan fingerprint density at radius 1 is 1.25 bits per heavy atom. The summed E-state index contributed by atoms with van der Waals surface area (Å²) >= 11 is 0. The highest BCUT2D eigenvalue weighted by Crippen LogP contribution is 2.26. The third-order valence-corrected chi connectivity index (χ3v) is 5.08. The van der Waals surface area contributed by atoms with E-state index in [9.17, 15) is 4.39 Å². The monoisotopic (exact) mass is 336 g/mol. The van der Waals surface area contributed by atoms with Gasteiger partial charge < -0.3 is 9.47 Å². The lowest BCUT2D eigenvalue weighted by Gasteiger charge is -2.38. The van der Waals surface area contributed by atoms with Crippen LogP contribution in [0.25, 0.3) is 0 Å². The third-order valence-electron chi connectivity index (χ3n) is 5.08. The van der Waals surface area contributed by atoms with Gasteiger partial charge in [-0.3, -0.25) is 9.80 Å². The number of hydrogen-bond acceptors (Lipinski definition) is 4. The number of rotatable bonds is 5. The van der Waals surface area contributed by atoms with Crippen molar-refractivity contribution in [3.8, 4) is 5.75 Å². The van der Waals surface area contributed by atoms with Crippen LogP contribution >= 0.6 is 0 Å². The molecule has 0 N–H and O–H groups in total. The zero-order chi connectivity index (χ0) is 17.1. The molecule has 0 spiro atoms. The van der Waals surface area contributed by atoms with Gasteiger partial charge >= 0.3 is 0 Å². The minimum absolute atomic E-state index is 0.197. The Morgan fingerprint density at radius 3 is 2.71 bits per heavy atom. The molecule has 1 aromatic rings. The Labute approximate surface area is 144 Å². The Balaban J connectivity index is 1.64. The molecule has 0 aliphatic carbocycles. The van der Waals surface area contributed by atoms with Gasteiger partial charge in [0.25, 0.3) is 0 Å². The second kappa shape index (κ2) is 7.81. The van der Waals surface area contributed by atoms with Crippen LogP contribution in [-0.2, 0) is 11.3 Å². The van der Waals surface area contributed by atoms with Crippen molar-refractivity contribution in [2.45, 2.75) is 51.5 Å². The number of nitrogens with zero attached hydrogens (tertiary/aromatic N) is 2. The molecule has 3 atom stereocenters. The predicted molar refractivity (Wildman–Crippen MR) is 92.8 cm³/mol. The molecule has 2 heterocycles. The number of methoxy groups -OCH3 is 1. The number of benzene rings is 1. The van der Waals surface area contributed by atoms with Crippen LogP contribution in [0.15, 0.2) is 18.2 Å². The first kappa shape index (κ1) is 17.6. The van der Waals surface area contributed by atoms with Crippen LogP contribution in [0, 0.1) is 5.82 Å². The van der Waals surface area contributed by atoms with E-state index in [1.54, 1.807) is 19.2 Å². The molecule has 4 nitrogen and oxygen atoms in total. The van der Waals surface area contributed by atoms with Gasteiger partial charge in [0.05, 0.1) is 19.3 Å². The van der Waals surface area contributed by atoms with Gasteiger partial charge in [-0.1, -0.05) is 0 Å². The zero-order valence-electron chi connectivity index (χ0n) is 15.0. The first-order valence-corrected chi connectivity index (χ1v) is 8.99. The fraction of sp³-hybridized carbons (Fsp3) is 0.684. The number of ether oxygens (including phenoxy) is 2.